The van der Waals surface area contributed by atoms with Gasteiger partial charge in [-0.3, -0.25) is 5.43 Å². The molecule has 2 rings (SSSR count). The molecule has 2 aromatic rings. The molecule has 0 spiro atoms. The molecule has 0 bridgehead atoms. The Morgan fingerprint density at radius 3 is 2.56 bits per heavy atom. The molecule has 0 aliphatic rings. The van der Waals surface area contributed by atoms with Crippen molar-refractivity contribution in [1.29, 1.82) is 0 Å². The van der Waals surface area contributed by atoms with Crippen molar-refractivity contribution in [3.05, 3.63) is 58.9 Å². The summed E-state index contributed by atoms with van der Waals surface area (Å²) < 4.78 is 12.7. The number of halogens is 2. The van der Waals surface area contributed by atoms with Gasteiger partial charge in [-0.1, -0.05) is 11.6 Å². The first-order chi connectivity index (χ1) is 8.65. The highest BCUT2D eigenvalue weighted by atomic mass is 35.5. The average molecular weight is 265 g/mol. The molecule has 5 heteroatoms. The number of rotatable bonds is 3. The van der Waals surface area contributed by atoms with E-state index in [0.717, 1.165) is 5.56 Å². The van der Waals surface area contributed by atoms with Crippen LogP contribution < -0.4 is 5.43 Å². The van der Waals surface area contributed by atoms with E-state index in [4.69, 9.17) is 11.6 Å². The highest BCUT2D eigenvalue weighted by Crippen LogP contribution is 2.22. The molecule has 2 aromatic carbocycles. The van der Waals surface area contributed by atoms with E-state index in [1.165, 1.54) is 18.2 Å². The third kappa shape index (κ3) is 3.21. The molecule has 0 heterocycles. The predicted molar refractivity (Wildman–Crippen MR) is 70.7 cm³/mol. The largest absolute Gasteiger partial charge is 0.506 e. The summed E-state index contributed by atoms with van der Waals surface area (Å²) in [6.45, 7) is 0. The monoisotopic (exact) mass is 264 g/mol. The Hall–Kier alpha value is -2.07. The number of hydrogen-bond donors (Lipinski definition) is 2. The van der Waals surface area contributed by atoms with E-state index in [9.17, 15) is 9.50 Å². The Labute approximate surface area is 109 Å². The molecule has 0 aliphatic heterocycles. The first kappa shape index (κ1) is 12.4. The van der Waals surface area contributed by atoms with Crippen molar-refractivity contribution in [2.75, 3.05) is 5.43 Å². The summed E-state index contributed by atoms with van der Waals surface area (Å²) in [6, 6.07) is 10.6. The summed E-state index contributed by atoms with van der Waals surface area (Å²) in [5.74, 6) is -0.268. The maximum Gasteiger partial charge on any atom is 0.134 e. The lowest BCUT2D eigenvalue weighted by Crippen LogP contribution is -1.90. The molecular formula is C13H10ClFN2O. The fourth-order valence-electron chi connectivity index (χ4n) is 1.31. The number of nitrogens with one attached hydrogen (secondary N) is 1. The smallest absolute Gasteiger partial charge is 0.134 e. The van der Waals surface area contributed by atoms with Crippen LogP contribution in [0.4, 0.5) is 10.1 Å². The summed E-state index contributed by atoms with van der Waals surface area (Å²) in [4.78, 5) is 0. The van der Waals surface area contributed by atoms with Crippen LogP contribution in [0.2, 0.25) is 5.02 Å². The molecule has 0 amide bonds. The second-order valence-corrected chi connectivity index (χ2v) is 3.99. The second-order valence-electron chi connectivity index (χ2n) is 3.59. The molecule has 18 heavy (non-hydrogen) atoms. The summed E-state index contributed by atoms with van der Waals surface area (Å²) in [5, 5.41) is 13.5. The van der Waals surface area contributed by atoms with Crippen molar-refractivity contribution in [3.8, 4) is 5.75 Å². The molecule has 0 unspecified atom stereocenters. The van der Waals surface area contributed by atoms with Gasteiger partial charge in [0, 0.05) is 0 Å². The molecule has 0 fully saturated rings. The standard InChI is InChI=1S/C13H10ClFN2O/c14-12-7-9(1-6-13(12)18)8-16-17-11-4-2-10(15)3-5-11/h1-8,17-18H. The van der Waals surface area contributed by atoms with E-state index in [0.29, 0.717) is 5.69 Å². The summed E-state index contributed by atoms with van der Waals surface area (Å²) in [5.41, 5.74) is 4.17. The molecule has 2 N–H and O–H groups in total. The minimum absolute atomic E-state index is 0.0281. The molecule has 0 saturated heterocycles. The van der Waals surface area contributed by atoms with Crippen LogP contribution in [0.5, 0.6) is 5.75 Å². The molecule has 0 radical (unpaired) electrons. The van der Waals surface area contributed by atoms with E-state index in [2.05, 4.69) is 10.5 Å². The van der Waals surface area contributed by atoms with Gasteiger partial charge in [-0.25, -0.2) is 4.39 Å². The van der Waals surface area contributed by atoms with Gasteiger partial charge >= 0.3 is 0 Å². The lowest BCUT2D eigenvalue weighted by Gasteiger charge is -2.00. The van der Waals surface area contributed by atoms with E-state index in [1.807, 2.05) is 0 Å². The fraction of sp³-hybridized carbons (Fsp3) is 0. The average Bonchev–Trinajstić information content (AvgIpc) is 2.36. The fourth-order valence-corrected chi connectivity index (χ4v) is 1.50. The third-order valence-corrected chi connectivity index (χ3v) is 2.53. The topological polar surface area (TPSA) is 44.6 Å². The number of anilines is 1. The Morgan fingerprint density at radius 2 is 1.89 bits per heavy atom. The van der Waals surface area contributed by atoms with Gasteiger partial charge in [-0.05, 0) is 48.0 Å². The molecule has 92 valence electrons. The molecule has 0 atom stereocenters. The van der Waals surface area contributed by atoms with Gasteiger partial charge in [0.15, 0.2) is 0 Å². The molecule has 0 saturated carbocycles. The maximum atomic E-state index is 12.7. The Bertz CT molecular complexity index is 570. The van der Waals surface area contributed by atoms with Gasteiger partial charge in [0.2, 0.25) is 0 Å². The minimum Gasteiger partial charge on any atom is -0.506 e. The van der Waals surface area contributed by atoms with E-state index in [-0.39, 0.29) is 16.6 Å². The van der Waals surface area contributed by atoms with Crippen LogP contribution in [0, 0.1) is 5.82 Å². The number of phenols is 1. The number of nitrogens with zero attached hydrogens (tertiary/aromatic N) is 1. The maximum absolute atomic E-state index is 12.7. The van der Waals surface area contributed by atoms with Crippen LogP contribution in [-0.2, 0) is 0 Å². The Balaban J connectivity index is 2.02. The number of hydrogen-bond acceptors (Lipinski definition) is 3. The molecule has 0 aromatic heterocycles. The minimum atomic E-state index is -0.296. The normalized spacial score (nSPS) is 10.8. The molecule has 0 aliphatic carbocycles. The predicted octanol–water partition coefficient (Wildman–Crippen LogP) is 3.63. The van der Waals surface area contributed by atoms with Gasteiger partial charge in [0.05, 0.1) is 16.9 Å². The number of hydrazone groups is 1. The van der Waals surface area contributed by atoms with Gasteiger partial charge in [0.25, 0.3) is 0 Å². The second kappa shape index (κ2) is 5.51. The third-order valence-electron chi connectivity index (χ3n) is 2.22. The van der Waals surface area contributed by atoms with E-state index < -0.39 is 0 Å². The van der Waals surface area contributed by atoms with Crippen molar-refractivity contribution in [2.24, 2.45) is 5.10 Å². The first-order valence-corrected chi connectivity index (χ1v) is 5.56. The van der Waals surface area contributed by atoms with Gasteiger partial charge in [0.1, 0.15) is 11.6 Å². The van der Waals surface area contributed by atoms with Crippen LogP contribution in [0.25, 0.3) is 0 Å². The summed E-state index contributed by atoms with van der Waals surface area (Å²) in [7, 11) is 0. The van der Waals surface area contributed by atoms with Gasteiger partial charge in [-0.2, -0.15) is 5.10 Å². The first-order valence-electron chi connectivity index (χ1n) is 5.18. The van der Waals surface area contributed by atoms with Crippen molar-refractivity contribution < 1.29 is 9.50 Å². The summed E-state index contributed by atoms with van der Waals surface area (Å²) in [6.07, 6.45) is 1.55. The van der Waals surface area contributed by atoms with Crippen LogP contribution >= 0.6 is 11.6 Å². The summed E-state index contributed by atoms with van der Waals surface area (Å²) >= 11 is 5.75. The van der Waals surface area contributed by atoms with Crippen LogP contribution in [-0.4, -0.2) is 11.3 Å². The zero-order valence-corrected chi connectivity index (χ0v) is 10.0. The van der Waals surface area contributed by atoms with Crippen LogP contribution in [0.3, 0.4) is 0 Å². The van der Waals surface area contributed by atoms with E-state index >= 15 is 0 Å². The zero-order chi connectivity index (χ0) is 13.0. The number of phenolic OH excluding ortho intramolecular Hbond substituents is 1. The highest BCUT2D eigenvalue weighted by molar-refractivity contribution is 6.32. The van der Waals surface area contributed by atoms with Crippen molar-refractivity contribution >= 4 is 23.5 Å². The van der Waals surface area contributed by atoms with Gasteiger partial charge < -0.3 is 5.11 Å². The van der Waals surface area contributed by atoms with Crippen LogP contribution in [0.1, 0.15) is 5.56 Å². The lowest BCUT2D eigenvalue weighted by molar-refractivity contribution is 0.475. The molecular weight excluding hydrogens is 255 g/mol. The van der Waals surface area contributed by atoms with Crippen molar-refractivity contribution in [2.45, 2.75) is 0 Å². The number of aromatic hydroxyl groups is 1. The Kier molecular flexibility index (Phi) is 3.79. The van der Waals surface area contributed by atoms with Crippen molar-refractivity contribution in [1.82, 2.24) is 0 Å². The number of benzene rings is 2. The highest BCUT2D eigenvalue weighted by Gasteiger charge is 1.97. The molecule has 3 nitrogen and oxygen atoms in total. The lowest BCUT2D eigenvalue weighted by atomic mass is 10.2. The van der Waals surface area contributed by atoms with Crippen molar-refractivity contribution in [3.63, 3.8) is 0 Å². The Morgan fingerprint density at radius 1 is 1.17 bits per heavy atom. The zero-order valence-electron chi connectivity index (χ0n) is 9.27. The quantitative estimate of drug-likeness (QED) is 0.657. The van der Waals surface area contributed by atoms with Gasteiger partial charge in [-0.15, -0.1) is 0 Å². The van der Waals surface area contributed by atoms with E-state index in [1.54, 1.807) is 30.5 Å². The van der Waals surface area contributed by atoms with Crippen LogP contribution in [0.15, 0.2) is 47.6 Å². The SMILES string of the molecule is Oc1ccc(C=NNc2ccc(F)cc2)cc1Cl.